The Kier molecular flexibility index (Phi) is 3.92. The largest absolute Gasteiger partial charge is 0.467 e. The SMILES string of the molecule is Nc1c(NCc2ccco2)ncnc1Oc1cccc2ccccc12. The Hall–Kier alpha value is -3.54. The molecule has 0 fully saturated rings. The molecule has 0 atom stereocenters. The molecular weight excluding hydrogens is 316 g/mol. The van der Waals surface area contributed by atoms with E-state index < -0.39 is 0 Å². The molecule has 6 nitrogen and oxygen atoms in total. The van der Waals surface area contributed by atoms with Gasteiger partial charge in [-0.25, -0.2) is 4.98 Å². The van der Waals surface area contributed by atoms with Crippen LogP contribution in [0.15, 0.2) is 71.6 Å². The van der Waals surface area contributed by atoms with Crippen LogP contribution in [0.2, 0.25) is 0 Å². The quantitative estimate of drug-likeness (QED) is 0.569. The highest BCUT2D eigenvalue weighted by Gasteiger charge is 2.12. The molecule has 6 heteroatoms. The molecule has 0 unspecified atom stereocenters. The van der Waals surface area contributed by atoms with Crippen molar-refractivity contribution in [2.45, 2.75) is 6.54 Å². The Morgan fingerprint density at radius 3 is 2.76 bits per heavy atom. The molecule has 4 rings (SSSR count). The number of nitrogens with one attached hydrogen (secondary N) is 1. The highest BCUT2D eigenvalue weighted by molar-refractivity contribution is 5.88. The zero-order valence-corrected chi connectivity index (χ0v) is 13.3. The van der Waals surface area contributed by atoms with Crippen molar-refractivity contribution < 1.29 is 9.15 Å². The fourth-order valence-corrected chi connectivity index (χ4v) is 2.57. The number of hydrogen-bond acceptors (Lipinski definition) is 6. The number of furan rings is 1. The summed E-state index contributed by atoms with van der Waals surface area (Å²) >= 11 is 0. The van der Waals surface area contributed by atoms with Crippen molar-refractivity contribution in [2.75, 3.05) is 11.1 Å². The van der Waals surface area contributed by atoms with Gasteiger partial charge in [0.05, 0.1) is 12.8 Å². The Bertz CT molecular complexity index is 994. The minimum absolute atomic E-state index is 0.313. The molecule has 2 aromatic heterocycles. The van der Waals surface area contributed by atoms with Gasteiger partial charge in [-0.05, 0) is 23.6 Å². The van der Waals surface area contributed by atoms with Gasteiger partial charge in [-0.1, -0.05) is 36.4 Å². The molecule has 2 heterocycles. The number of rotatable bonds is 5. The third kappa shape index (κ3) is 3.10. The Labute approximate surface area is 144 Å². The van der Waals surface area contributed by atoms with Gasteiger partial charge in [0.2, 0.25) is 5.88 Å². The molecule has 0 saturated carbocycles. The molecule has 0 aliphatic rings. The van der Waals surface area contributed by atoms with E-state index in [0.29, 0.717) is 29.7 Å². The molecule has 4 aromatic rings. The van der Waals surface area contributed by atoms with Crippen LogP contribution in [0, 0.1) is 0 Å². The van der Waals surface area contributed by atoms with Crippen LogP contribution < -0.4 is 15.8 Å². The molecule has 0 aliphatic carbocycles. The molecule has 0 bridgehead atoms. The van der Waals surface area contributed by atoms with E-state index in [1.165, 1.54) is 6.33 Å². The standard InChI is InChI=1S/C19H16N4O2/c20-17-18(21-11-14-7-4-10-24-14)22-12-23-19(17)25-16-9-3-6-13-5-1-2-8-15(13)16/h1-10,12H,11,20H2,(H,21,22,23). The summed E-state index contributed by atoms with van der Waals surface area (Å²) in [4.78, 5) is 8.34. The highest BCUT2D eigenvalue weighted by Crippen LogP contribution is 2.33. The van der Waals surface area contributed by atoms with Gasteiger partial charge in [-0.3, -0.25) is 0 Å². The summed E-state index contributed by atoms with van der Waals surface area (Å²) in [5.41, 5.74) is 6.52. The van der Waals surface area contributed by atoms with Gasteiger partial charge in [-0.15, -0.1) is 0 Å². The smallest absolute Gasteiger partial charge is 0.248 e. The molecular formula is C19H16N4O2. The molecule has 3 N–H and O–H groups in total. The fourth-order valence-electron chi connectivity index (χ4n) is 2.57. The van der Waals surface area contributed by atoms with Gasteiger partial charge < -0.3 is 20.2 Å². The second-order valence-electron chi connectivity index (χ2n) is 5.45. The topological polar surface area (TPSA) is 86.2 Å². The van der Waals surface area contributed by atoms with Crippen molar-refractivity contribution in [1.29, 1.82) is 0 Å². The molecule has 25 heavy (non-hydrogen) atoms. The summed E-state index contributed by atoms with van der Waals surface area (Å²) in [6, 6.07) is 17.5. The number of benzene rings is 2. The average molecular weight is 332 g/mol. The van der Waals surface area contributed by atoms with Gasteiger partial charge in [0, 0.05) is 5.39 Å². The number of fused-ring (bicyclic) bond motifs is 1. The van der Waals surface area contributed by atoms with Gasteiger partial charge in [0.15, 0.2) is 5.82 Å². The molecule has 0 radical (unpaired) electrons. The maximum Gasteiger partial charge on any atom is 0.248 e. The van der Waals surface area contributed by atoms with E-state index in [1.807, 2.05) is 54.6 Å². The summed E-state index contributed by atoms with van der Waals surface area (Å²) in [6.45, 7) is 0.474. The second kappa shape index (κ2) is 6.52. The first-order chi connectivity index (χ1) is 12.3. The normalized spacial score (nSPS) is 10.7. The lowest BCUT2D eigenvalue weighted by Gasteiger charge is -2.12. The molecule has 0 aliphatic heterocycles. The van der Waals surface area contributed by atoms with Crippen molar-refractivity contribution in [3.63, 3.8) is 0 Å². The lowest BCUT2D eigenvalue weighted by molar-refractivity contribution is 0.469. The van der Waals surface area contributed by atoms with Crippen LogP contribution >= 0.6 is 0 Å². The van der Waals surface area contributed by atoms with Gasteiger partial charge in [0.25, 0.3) is 0 Å². The minimum Gasteiger partial charge on any atom is -0.467 e. The van der Waals surface area contributed by atoms with Crippen molar-refractivity contribution >= 4 is 22.3 Å². The van der Waals surface area contributed by atoms with E-state index in [1.54, 1.807) is 6.26 Å². The number of nitrogens with two attached hydrogens (primary N) is 1. The lowest BCUT2D eigenvalue weighted by atomic mass is 10.1. The fraction of sp³-hybridized carbons (Fsp3) is 0.0526. The van der Waals surface area contributed by atoms with E-state index in [2.05, 4.69) is 15.3 Å². The first-order valence-electron chi connectivity index (χ1n) is 7.83. The van der Waals surface area contributed by atoms with Crippen molar-refractivity contribution in [3.8, 4) is 11.6 Å². The number of nitrogens with zero attached hydrogens (tertiary/aromatic N) is 2. The monoisotopic (exact) mass is 332 g/mol. The number of ether oxygens (including phenoxy) is 1. The first-order valence-corrected chi connectivity index (χ1v) is 7.83. The predicted molar refractivity (Wildman–Crippen MR) is 96.5 cm³/mol. The summed E-state index contributed by atoms with van der Waals surface area (Å²) in [5, 5.41) is 5.21. The number of aromatic nitrogens is 2. The highest BCUT2D eigenvalue weighted by atomic mass is 16.5. The van der Waals surface area contributed by atoms with Crippen LogP contribution in [0.3, 0.4) is 0 Å². The number of hydrogen-bond donors (Lipinski definition) is 2. The summed E-state index contributed by atoms with van der Waals surface area (Å²) < 4.78 is 11.3. The number of nitrogen functional groups attached to an aromatic ring is 1. The summed E-state index contributed by atoms with van der Waals surface area (Å²) in [7, 11) is 0. The zero-order chi connectivity index (χ0) is 17.1. The molecule has 2 aromatic carbocycles. The van der Waals surface area contributed by atoms with Crippen molar-refractivity contribution in [1.82, 2.24) is 9.97 Å². The van der Waals surface area contributed by atoms with Crippen LogP contribution in [0.1, 0.15) is 5.76 Å². The Balaban J connectivity index is 1.61. The van der Waals surface area contributed by atoms with Crippen molar-refractivity contribution in [2.24, 2.45) is 0 Å². The van der Waals surface area contributed by atoms with Crippen LogP contribution in [0.5, 0.6) is 11.6 Å². The van der Waals surface area contributed by atoms with Crippen LogP contribution in [0.25, 0.3) is 10.8 Å². The summed E-state index contributed by atoms with van der Waals surface area (Å²) in [6.07, 6.45) is 3.04. The zero-order valence-electron chi connectivity index (χ0n) is 13.3. The minimum atomic E-state index is 0.313. The van der Waals surface area contributed by atoms with Gasteiger partial charge in [-0.2, -0.15) is 4.98 Å². The molecule has 0 spiro atoms. The molecule has 0 amide bonds. The van der Waals surface area contributed by atoms with E-state index in [-0.39, 0.29) is 0 Å². The molecule has 0 saturated heterocycles. The van der Waals surface area contributed by atoms with E-state index in [9.17, 15) is 0 Å². The van der Waals surface area contributed by atoms with Gasteiger partial charge in [0.1, 0.15) is 23.5 Å². The van der Waals surface area contributed by atoms with E-state index in [0.717, 1.165) is 16.5 Å². The van der Waals surface area contributed by atoms with E-state index in [4.69, 9.17) is 14.9 Å². The third-order valence-corrected chi connectivity index (χ3v) is 3.81. The van der Waals surface area contributed by atoms with E-state index >= 15 is 0 Å². The third-order valence-electron chi connectivity index (χ3n) is 3.81. The van der Waals surface area contributed by atoms with Gasteiger partial charge >= 0.3 is 0 Å². The van der Waals surface area contributed by atoms with Crippen molar-refractivity contribution in [3.05, 3.63) is 72.9 Å². The number of anilines is 2. The Morgan fingerprint density at radius 2 is 1.88 bits per heavy atom. The average Bonchev–Trinajstić information content (AvgIpc) is 3.16. The second-order valence-corrected chi connectivity index (χ2v) is 5.45. The Morgan fingerprint density at radius 1 is 1.00 bits per heavy atom. The predicted octanol–water partition coefficient (Wildman–Crippen LogP) is 4.21. The lowest BCUT2D eigenvalue weighted by Crippen LogP contribution is -2.06. The van der Waals surface area contributed by atoms with Crippen LogP contribution in [0.4, 0.5) is 11.5 Å². The first kappa shape index (κ1) is 15.0. The molecule has 124 valence electrons. The maximum atomic E-state index is 6.17. The van der Waals surface area contributed by atoms with Crippen LogP contribution in [-0.2, 0) is 6.54 Å². The maximum absolute atomic E-state index is 6.17. The van der Waals surface area contributed by atoms with Crippen LogP contribution in [-0.4, -0.2) is 9.97 Å². The summed E-state index contributed by atoms with van der Waals surface area (Å²) in [5.74, 6) is 2.30.